The molecule has 232 valence electrons. The van der Waals surface area contributed by atoms with E-state index in [4.69, 9.17) is 18.9 Å². The predicted molar refractivity (Wildman–Crippen MR) is 167 cm³/mol. The number of rotatable bonds is 17. The van der Waals surface area contributed by atoms with Gasteiger partial charge in [0.1, 0.15) is 0 Å². The van der Waals surface area contributed by atoms with Crippen LogP contribution >= 0.6 is 0 Å². The highest BCUT2D eigenvalue weighted by atomic mass is 16.5. The van der Waals surface area contributed by atoms with Crippen LogP contribution in [-0.2, 0) is 9.47 Å². The second kappa shape index (κ2) is 17.7. The maximum atomic E-state index is 12.0. The zero-order valence-electron chi connectivity index (χ0n) is 25.1. The molecule has 0 radical (unpaired) electrons. The molecule has 0 saturated heterocycles. The Hall–Kier alpha value is -4.16. The smallest absolute Gasteiger partial charge is 0.251 e. The summed E-state index contributed by atoms with van der Waals surface area (Å²) in [6.45, 7) is 2.68. The molecule has 0 bridgehead atoms. The molecule has 2 aromatic carbocycles. The monoisotopic (exact) mass is 593 g/mol. The lowest BCUT2D eigenvalue weighted by Gasteiger charge is -2.17. The molecule has 1 heterocycles. The van der Waals surface area contributed by atoms with Gasteiger partial charge in [-0.25, -0.2) is 0 Å². The fourth-order valence-corrected chi connectivity index (χ4v) is 4.71. The summed E-state index contributed by atoms with van der Waals surface area (Å²) >= 11 is 0. The summed E-state index contributed by atoms with van der Waals surface area (Å²) in [4.78, 5) is 25.9. The van der Waals surface area contributed by atoms with Crippen molar-refractivity contribution in [2.24, 2.45) is 0 Å². The lowest BCUT2D eigenvalue weighted by molar-refractivity contribution is 0.0519. The Kier molecular flexibility index (Phi) is 13.1. The van der Waals surface area contributed by atoms with Crippen LogP contribution in [0.25, 0.3) is 0 Å². The third kappa shape index (κ3) is 10.9. The van der Waals surface area contributed by atoms with Crippen LogP contribution in [0.1, 0.15) is 48.9 Å². The van der Waals surface area contributed by atoms with Gasteiger partial charge in [-0.1, -0.05) is 43.9 Å². The SMILES string of the molecule is COc1ccc(Nc2nc(NCCOCCOCCNC(=O)c3ccccc3)nc(NC3CCCCCC3)n2)cc1OC. The average molecular weight is 594 g/mol. The first-order chi connectivity index (χ1) is 21.1. The van der Waals surface area contributed by atoms with E-state index in [1.165, 1.54) is 25.7 Å². The van der Waals surface area contributed by atoms with Gasteiger partial charge in [0.2, 0.25) is 17.8 Å². The topological polar surface area (TPSA) is 141 Å². The third-order valence-corrected chi connectivity index (χ3v) is 6.93. The van der Waals surface area contributed by atoms with Crippen molar-refractivity contribution in [3.8, 4) is 11.5 Å². The molecule has 0 aliphatic heterocycles. The predicted octanol–water partition coefficient (Wildman–Crippen LogP) is 4.64. The van der Waals surface area contributed by atoms with Gasteiger partial charge in [0, 0.05) is 36.4 Å². The van der Waals surface area contributed by atoms with E-state index >= 15 is 0 Å². The van der Waals surface area contributed by atoms with E-state index in [1.54, 1.807) is 26.4 Å². The lowest BCUT2D eigenvalue weighted by Crippen LogP contribution is -2.27. The molecule has 1 aliphatic rings. The molecule has 4 N–H and O–H groups in total. The van der Waals surface area contributed by atoms with Gasteiger partial charge >= 0.3 is 0 Å². The van der Waals surface area contributed by atoms with E-state index in [2.05, 4.69) is 36.2 Å². The summed E-state index contributed by atoms with van der Waals surface area (Å²) < 4.78 is 22.0. The first kappa shape index (κ1) is 31.8. The summed E-state index contributed by atoms with van der Waals surface area (Å²) in [6.07, 6.45) is 7.14. The van der Waals surface area contributed by atoms with E-state index in [0.29, 0.717) is 80.5 Å². The zero-order chi connectivity index (χ0) is 30.1. The van der Waals surface area contributed by atoms with Crippen LogP contribution < -0.4 is 30.7 Å². The van der Waals surface area contributed by atoms with Crippen molar-refractivity contribution in [3.63, 3.8) is 0 Å². The Bertz CT molecular complexity index is 1260. The number of methoxy groups -OCH3 is 2. The van der Waals surface area contributed by atoms with Crippen LogP contribution in [-0.4, -0.2) is 80.6 Å². The molecule has 4 rings (SSSR count). The van der Waals surface area contributed by atoms with Gasteiger partial charge in [-0.3, -0.25) is 4.79 Å². The third-order valence-electron chi connectivity index (χ3n) is 6.93. The Balaban J connectivity index is 1.23. The molecule has 12 heteroatoms. The number of carbonyl (C=O) groups is 1. The lowest BCUT2D eigenvalue weighted by atomic mass is 10.1. The second-order valence-electron chi connectivity index (χ2n) is 10.1. The van der Waals surface area contributed by atoms with Crippen molar-refractivity contribution in [1.29, 1.82) is 0 Å². The summed E-state index contributed by atoms with van der Waals surface area (Å²) in [5.74, 6) is 2.52. The van der Waals surface area contributed by atoms with Crippen molar-refractivity contribution in [1.82, 2.24) is 20.3 Å². The van der Waals surface area contributed by atoms with Gasteiger partial charge < -0.3 is 40.2 Å². The van der Waals surface area contributed by atoms with Crippen molar-refractivity contribution in [2.75, 3.05) is 69.7 Å². The molecule has 0 unspecified atom stereocenters. The minimum absolute atomic E-state index is 0.112. The van der Waals surface area contributed by atoms with E-state index in [1.807, 2.05) is 36.4 Å². The highest BCUT2D eigenvalue weighted by Crippen LogP contribution is 2.31. The highest BCUT2D eigenvalue weighted by Gasteiger charge is 2.15. The van der Waals surface area contributed by atoms with Crippen LogP contribution in [0.5, 0.6) is 11.5 Å². The number of hydrogen-bond donors (Lipinski definition) is 4. The Morgan fingerprint density at radius 2 is 1.44 bits per heavy atom. The molecule has 0 spiro atoms. The number of amides is 1. The zero-order valence-corrected chi connectivity index (χ0v) is 25.1. The van der Waals surface area contributed by atoms with E-state index < -0.39 is 0 Å². The summed E-state index contributed by atoms with van der Waals surface area (Å²) in [5, 5.41) is 12.9. The largest absolute Gasteiger partial charge is 0.493 e. The average Bonchev–Trinajstić information content (AvgIpc) is 3.30. The minimum atomic E-state index is -0.112. The Morgan fingerprint density at radius 3 is 2.16 bits per heavy atom. The van der Waals surface area contributed by atoms with Gasteiger partial charge in [-0.05, 0) is 37.1 Å². The van der Waals surface area contributed by atoms with Gasteiger partial charge in [0.05, 0.1) is 40.6 Å². The van der Waals surface area contributed by atoms with Crippen LogP contribution in [0, 0.1) is 0 Å². The van der Waals surface area contributed by atoms with Crippen LogP contribution in [0.4, 0.5) is 23.5 Å². The molecule has 3 aromatic rings. The normalized spacial score (nSPS) is 13.5. The van der Waals surface area contributed by atoms with Gasteiger partial charge in [0.25, 0.3) is 5.91 Å². The molecule has 1 saturated carbocycles. The molecule has 12 nitrogen and oxygen atoms in total. The number of anilines is 4. The van der Waals surface area contributed by atoms with Crippen LogP contribution in [0.3, 0.4) is 0 Å². The van der Waals surface area contributed by atoms with Crippen molar-refractivity contribution < 1.29 is 23.7 Å². The van der Waals surface area contributed by atoms with Gasteiger partial charge in [-0.15, -0.1) is 0 Å². The Morgan fingerprint density at radius 1 is 0.767 bits per heavy atom. The van der Waals surface area contributed by atoms with E-state index in [9.17, 15) is 4.79 Å². The number of hydrogen-bond acceptors (Lipinski definition) is 11. The summed E-state index contributed by atoms with van der Waals surface area (Å²) in [7, 11) is 3.20. The first-order valence-electron chi connectivity index (χ1n) is 14.9. The first-order valence-corrected chi connectivity index (χ1v) is 14.9. The molecular weight excluding hydrogens is 550 g/mol. The Labute approximate surface area is 253 Å². The maximum Gasteiger partial charge on any atom is 0.251 e. The molecule has 1 amide bonds. The number of nitrogens with zero attached hydrogens (tertiary/aromatic N) is 3. The summed E-state index contributed by atoms with van der Waals surface area (Å²) in [5.41, 5.74) is 1.39. The maximum absolute atomic E-state index is 12.0. The van der Waals surface area contributed by atoms with Crippen molar-refractivity contribution >= 4 is 29.4 Å². The second-order valence-corrected chi connectivity index (χ2v) is 10.1. The van der Waals surface area contributed by atoms with Crippen molar-refractivity contribution in [2.45, 2.75) is 44.6 Å². The molecule has 43 heavy (non-hydrogen) atoms. The molecule has 0 atom stereocenters. The molecule has 1 aliphatic carbocycles. The van der Waals surface area contributed by atoms with Crippen molar-refractivity contribution in [3.05, 3.63) is 54.1 Å². The van der Waals surface area contributed by atoms with Gasteiger partial charge in [-0.2, -0.15) is 15.0 Å². The molecular formula is C31H43N7O5. The number of nitrogens with one attached hydrogen (secondary N) is 4. The summed E-state index contributed by atoms with van der Waals surface area (Å²) in [6, 6.07) is 15.0. The standard InChI is InChI=1S/C31H43N7O5/c1-40-26-15-14-25(22-27(26)41-2)35-31-37-29(36-30(38-31)34-24-12-8-3-4-9-13-24)33-17-19-43-21-20-42-18-16-32-28(39)23-10-6-5-7-11-23/h5-7,10-11,14-15,22,24H,3-4,8-9,12-13,16-21H2,1-2H3,(H,32,39)(H3,33,34,35,36,37,38). The van der Waals surface area contributed by atoms with E-state index in [0.717, 1.165) is 18.5 Å². The van der Waals surface area contributed by atoms with Crippen LogP contribution in [0.15, 0.2) is 48.5 Å². The molecule has 1 aromatic heterocycles. The van der Waals surface area contributed by atoms with E-state index in [-0.39, 0.29) is 5.91 Å². The fraction of sp³-hybridized carbons (Fsp3) is 0.484. The van der Waals surface area contributed by atoms with Gasteiger partial charge in [0.15, 0.2) is 11.5 Å². The number of carbonyl (C=O) groups excluding carboxylic acids is 1. The fourth-order valence-electron chi connectivity index (χ4n) is 4.71. The minimum Gasteiger partial charge on any atom is -0.493 e. The quantitative estimate of drug-likeness (QED) is 0.128. The number of benzene rings is 2. The number of aromatic nitrogens is 3. The van der Waals surface area contributed by atoms with Crippen LogP contribution in [0.2, 0.25) is 0 Å². The number of ether oxygens (including phenoxy) is 4. The highest BCUT2D eigenvalue weighted by molar-refractivity contribution is 5.94. The molecule has 1 fully saturated rings.